The first-order chi connectivity index (χ1) is 15.3. The molecular weight excluding hydrogens is 416 g/mol. The Bertz CT molecular complexity index is 1180. The maximum absolute atomic E-state index is 12.7. The van der Waals surface area contributed by atoms with Gasteiger partial charge in [-0.3, -0.25) is 19.5 Å². The van der Waals surface area contributed by atoms with Crippen LogP contribution >= 0.6 is 0 Å². The van der Waals surface area contributed by atoms with Crippen molar-refractivity contribution in [2.45, 2.75) is 13.5 Å². The number of anilines is 1. The zero-order valence-electron chi connectivity index (χ0n) is 17.7. The molecule has 2 rings (SSSR count). The molecule has 166 valence electrons. The van der Waals surface area contributed by atoms with Crippen LogP contribution in [0.1, 0.15) is 11.4 Å². The number of nitrogens with two attached hydrogens (primary N) is 1. The van der Waals surface area contributed by atoms with Crippen molar-refractivity contribution in [1.29, 1.82) is 5.26 Å². The molecule has 0 spiro atoms. The van der Waals surface area contributed by atoms with E-state index in [2.05, 4.69) is 30.6 Å². The fourth-order valence-electron chi connectivity index (χ4n) is 2.70. The zero-order valence-corrected chi connectivity index (χ0v) is 17.7. The molecule has 0 bridgehead atoms. The van der Waals surface area contributed by atoms with Gasteiger partial charge in [0.05, 0.1) is 42.4 Å². The van der Waals surface area contributed by atoms with Gasteiger partial charge in [-0.2, -0.15) is 15.5 Å². The quantitative estimate of drug-likeness (QED) is 0.545. The van der Waals surface area contributed by atoms with Crippen molar-refractivity contribution >= 4 is 17.7 Å². The van der Waals surface area contributed by atoms with Crippen LogP contribution in [-0.2, 0) is 16.1 Å². The van der Waals surface area contributed by atoms with Crippen LogP contribution in [0.15, 0.2) is 51.2 Å². The summed E-state index contributed by atoms with van der Waals surface area (Å²) in [5, 5.41) is 21.6. The second-order valence-corrected chi connectivity index (χ2v) is 6.34. The van der Waals surface area contributed by atoms with Gasteiger partial charge in [-0.1, -0.05) is 0 Å². The Kier molecular flexibility index (Phi) is 8.18. The molecular formula is C20H22N8O4. The number of benzene rings is 1. The number of ether oxygens (including phenoxy) is 1. The van der Waals surface area contributed by atoms with E-state index in [9.17, 15) is 14.4 Å². The van der Waals surface area contributed by atoms with E-state index in [4.69, 9.17) is 11.0 Å². The van der Waals surface area contributed by atoms with Gasteiger partial charge in [0, 0.05) is 24.9 Å². The molecule has 0 unspecified atom stereocenters. The molecule has 12 heteroatoms. The number of hydrogen-bond acceptors (Lipinski definition) is 9. The van der Waals surface area contributed by atoms with E-state index in [1.807, 2.05) is 6.07 Å². The molecule has 4 N–H and O–H groups in total. The smallest absolute Gasteiger partial charge is 0.411 e. The first-order valence-electron chi connectivity index (χ1n) is 9.28. The third kappa shape index (κ3) is 5.99. The molecule has 1 heterocycles. The van der Waals surface area contributed by atoms with Gasteiger partial charge >= 0.3 is 6.09 Å². The Morgan fingerprint density at radius 3 is 2.72 bits per heavy atom. The van der Waals surface area contributed by atoms with Gasteiger partial charge in [-0.25, -0.2) is 9.78 Å². The second-order valence-electron chi connectivity index (χ2n) is 6.34. The minimum absolute atomic E-state index is 0.0553. The summed E-state index contributed by atoms with van der Waals surface area (Å²) in [7, 11) is 2.68. The van der Waals surface area contributed by atoms with Gasteiger partial charge in [0.2, 0.25) is 5.91 Å². The number of nitrogens with zero attached hydrogens (tertiary/aromatic N) is 5. The summed E-state index contributed by atoms with van der Waals surface area (Å²) in [6, 6.07) is 7.75. The second kappa shape index (κ2) is 11.0. The van der Waals surface area contributed by atoms with Crippen LogP contribution in [0.5, 0.6) is 0 Å². The van der Waals surface area contributed by atoms with Crippen molar-refractivity contribution < 1.29 is 14.3 Å². The van der Waals surface area contributed by atoms with E-state index in [0.717, 1.165) is 0 Å². The molecule has 0 saturated carbocycles. The number of azo groups is 1. The highest BCUT2D eigenvalue weighted by molar-refractivity contribution is 5.91. The number of rotatable bonds is 7. The molecule has 1 aromatic heterocycles. The lowest BCUT2D eigenvalue weighted by Gasteiger charge is -2.14. The number of methoxy groups -OCH3 is 1. The number of amides is 2. The molecule has 0 atom stereocenters. The number of aromatic nitrogens is 2. The molecule has 0 aliphatic carbocycles. The van der Waals surface area contributed by atoms with Crippen LogP contribution in [0.25, 0.3) is 11.3 Å². The Labute approximate surface area is 183 Å². The zero-order chi connectivity index (χ0) is 23.7. The number of hydrogen-bond donors (Lipinski definition) is 3. The van der Waals surface area contributed by atoms with E-state index < -0.39 is 17.6 Å². The van der Waals surface area contributed by atoms with Gasteiger partial charge in [0.15, 0.2) is 0 Å². The average molecular weight is 438 g/mol. The standard InChI is InChI=1S/C20H22N8O4/c1-12-25-17(15-5-4-13(8-21)6-16(15)26-20(31)32-3)7-19(30)28(12)11-18(29)24-10-14(9-22)27-23-2/h4-7,9H,10-11,22H2,1-3H3,(H,24,29)(H,26,31)/b14-9-,27-23-. The summed E-state index contributed by atoms with van der Waals surface area (Å²) in [6.07, 6.45) is 0.482. The Morgan fingerprint density at radius 2 is 2.12 bits per heavy atom. The fourth-order valence-corrected chi connectivity index (χ4v) is 2.70. The van der Waals surface area contributed by atoms with Crippen molar-refractivity contribution in [3.63, 3.8) is 0 Å². The maximum Gasteiger partial charge on any atom is 0.411 e. The maximum atomic E-state index is 12.7. The number of nitriles is 1. The summed E-state index contributed by atoms with van der Waals surface area (Å²) in [5.74, 6) is -0.166. The Morgan fingerprint density at radius 1 is 1.38 bits per heavy atom. The minimum Gasteiger partial charge on any atom is -0.453 e. The molecule has 0 fully saturated rings. The first-order valence-corrected chi connectivity index (χ1v) is 9.28. The van der Waals surface area contributed by atoms with Crippen molar-refractivity contribution in [1.82, 2.24) is 14.9 Å². The van der Waals surface area contributed by atoms with E-state index in [0.29, 0.717) is 16.8 Å². The van der Waals surface area contributed by atoms with Gasteiger partial charge in [0.1, 0.15) is 12.4 Å². The lowest BCUT2D eigenvalue weighted by molar-refractivity contribution is -0.121. The summed E-state index contributed by atoms with van der Waals surface area (Å²) >= 11 is 0. The third-order valence-electron chi connectivity index (χ3n) is 4.24. The molecule has 12 nitrogen and oxygen atoms in total. The van der Waals surface area contributed by atoms with E-state index in [1.54, 1.807) is 13.0 Å². The Balaban J connectivity index is 2.32. The molecule has 1 aromatic carbocycles. The number of carbonyl (C=O) groups excluding carboxylic acids is 2. The van der Waals surface area contributed by atoms with Crippen molar-refractivity contribution in [3.8, 4) is 17.3 Å². The monoisotopic (exact) mass is 438 g/mol. The summed E-state index contributed by atoms with van der Waals surface area (Å²) < 4.78 is 5.80. The molecule has 0 aliphatic heterocycles. The summed E-state index contributed by atoms with van der Waals surface area (Å²) in [5.41, 5.74) is 6.52. The van der Waals surface area contributed by atoms with Gasteiger partial charge < -0.3 is 15.8 Å². The summed E-state index contributed by atoms with van der Waals surface area (Å²) in [6.45, 7) is 1.37. The number of nitrogens with one attached hydrogen (secondary N) is 2. The third-order valence-corrected chi connectivity index (χ3v) is 4.24. The van der Waals surface area contributed by atoms with Gasteiger partial charge in [-0.15, -0.1) is 0 Å². The molecule has 2 amide bonds. The van der Waals surface area contributed by atoms with Crippen LogP contribution in [-0.4, -0.2) is 42.3 Å². The van der Waals surface area contributed by atoms with Crippen LogP contribution in [0.3, 0.4) is 0 Å². The predicted molar refractivity (Wildman–Crippen MR) is 115 cm³/mol. The highest BCUT2D eigenvalue weighted by Crippen LogP contribution is 2.27. The predicted octanol–water partition coefficient (Wildman–Crippen LogP) is 1.27. The number of carbonyl (C=O) groups is 2. The fraction of sp³-hybridized carbons (Fsp3) is 0.250. The normalized spacial score (nSPS) is 11.1. The molecule has 2 aromatic rings. The molecule has 0 saturated heterocycles. The van der Waals surface area contributed by atoms with Crippen LogP contribution in [0, 0.1) is 18.3 Å². The molecule has 0 aliphatic rings. The Hall–Kier alpha value is -4.53. The number of aryl methyl sites for hydroxylation is 1. The van der Waals surface area contributed by atoms with Gasteiger partial charge in [0.25, 0.3) is 5.56 Å². The van der Waals surface area contributed by atoms with Gasteiger partial charge in [-0.05, 0) is 25.1 Å². The van der Waals surface area contributed by atoms with E-state index in [-0.39, 0.29) is 30.3 Å². The first kappa shape index (κ1) is 23.7. The average Bonchev–Trinajstić information content (AvgIpc) is 2.78. The van der Waals surface area contributed by atoms with E-state index >= 15 is 0 Å². The topological polar surface area (TPSA) is 177 Å². The lowest BCUT2D eigenvalue weighted by atomic mass is 10.1. The van der Waals surface area contributed by atoms with E-state index in [1.165, 1.54) is 43.1 Å². The largest absolute Gasteiger partial charge is 0.453 e. The van der Waals surface area contributed by atoms with Crippen LogP contribution < -0.4 is 21.9 Å². The van der Waals surface area contributed by atoms with Crippen LogP contribution in [0.4, 0.5) is 10.5 Å². The van der Waals surface area contributed by atoms with Crippen molar-refractivity contribution in [3.05, 3.63) is 57.9 Å². The highest BCUT2D eigenvalue weighted by Gasteiger charge is 2.15. The molecule has 0 radical (unpaired) electrons. The highest BCUT2D eigenvalue weighted by atomic mass is 16.5. The van der Waals surface area contributed by atoms with Crippen molar-refractivity contribution in [2.24, 2.45) is 16.0 Å². The SMILES string of the molecule is C/N=N\C(=C/N)CNC(=O)Cn1c(C)nc(-c2ccc(C#N)cc2NC(=O)OC)cc1=O. The van der Waals surface area contributed by atoms with Crippen LogP contribution in [0.2, 0.25) is 0 Å². The minimum atomic E-state index is -0.739. The molecule has 32 heavy (non-hydrogen) atoms. The lowest BCUT2D eigenvalue weighted by Crippen LogP contribution is -2.34. The summed E-state index contributed by atoms with van der Waals surface area (Å²) in [4.78, 5) is 41.0. The van der Waals surface area contributed by atoms with Crippen molar-refractivity contribution in [2.75, 3.05) is 26.0 Å².